The van der Waals surface area contributed by atoms with Crippen LogP contribution in [0.25, 0.3) is 22.1 Å². The van der Waals surface area contributed by atoms with E-state index in [1.807, 2.05) is 61.5 Å². The highest BCUT2D eigenvalue weighted by Crippen LogP contribution is 2.33. The lowest BCUT2D eigenvalue weighted by molar-refractivity contribution is -0.386. The molecule has 0 aliphatic rings. The number of nitrogens with zero attached hydrogens (tertiary/aromatic N) is 1. The lowest BCUT2D eigenvalue weighted by Gasteiger charge is -2.17. The highest BCUT2D eigenvalue weighted by molar-refractivity contribution is 5.94. The summed E-state index contributed by atoms with van der Waals surface area (Å²) in [6, 6.07) is 24.5. The Bertz CT molecular complexity index is 1230. The van der Waals surface area contributed by atoms with Gasteiger partial charge in [0.15, 0.2) is 0 Å². The van der Waals surface area contributed by atoms with E-state index in [9.17, 15) is 14.9 Å². The fourth-order valence-corrected chi connectivity index (χ4v) is 3.35. The molecule has 0 bridgehead atoms. The molecule has 6 nitrogen and oxygen atoms in total. The molecule has 1 aromatic heterocycles. The Kier molecular flexibility index (Phi) is 4.83. The molecule has 6 heteroatoms. The normalized spacial score (nSPS) is 11.9. The van der Waals surface area contributed by atoms with E-state index in [2.05, 4.69) is 5.32 Å². The van der Waals surface area contributed by atoms with E-state index >= 15 is 0 Å². The van der Waals surface area contributed by atoms with Gasteiger partial charge in [0.25, 0.3) is 0 Å². The van der Waals surface area contributed by atoms with Crippen LogP contribution in [0.3, 0.4) is 0 Å². The highest BCUT2D eigenvalue weighted by atomic mass is 16.6. The Hall–Kier alpha value is -3.93. The zero-order valence-corrected chi connectivity index (χ0v) is 15.7. The molecule has 4 rings (SSSR count). The van der Waals surface area contributed by atoms with Gasteiger partial charge in [0.05, 0.1) is 4.92 Å². The van der Waals surface area contributed by atoms with Crippen molar-refractivity contribution in [2.45, 2.75) is 13.0 Å². The van der Waals surface area contributed by atoms with Crippen molar-refractivity contribution in [2.75, 3.05) is 5.32 Å². The van der Waals surface area contributed by atoms with Crippen molar-refractivity contribution in [2.24, 2.45) is 0 Å². The van der Waals surface area contributed by atoms with Crippen LogP contribution in [0.15, 0.2) is 88.1 Å². The molecule has 0 saturated carbocycles. The molecule has 1 atom stereocenters. The first-order valence-electron chi connectivity index (χ1n) is 9.17. The second kappa shape index (κ2) is 7.59. The number of para-hydroxylation sites is 1. The van der Waals surface area contributed by atoms with Crippen LogP contribution in [-0.4, -0.2) is 4.92 Å². The quantitative estimate of drug-likeness (QED) is 0.276. The molecular weight excluding hydrogens is 368 g/mol. The van der Waals surface area contributed by atoms with Crippen molar-refractivity contribution in [1.29, 1.82) is 0 Å². The van der Waals surface area contributed by atoms with Crippen LogP contribution in [0.2, 0.25) is 0 Å². The van der Waals surface area contributed by atoms with Gasteiger partial charge in [-0.1, -0.05) is 66.7 Å². The minimum Gasteiger partial charge on any atom is -0.418 e. The van der Waals surface area contributed by atoms with E-state index in [0.717, 1.165) is 16.7 Å². The minimum absolute atomic E-state index is 0.168. The molecule has 0 radical (unpaired) electrons. The zero-order chi connectivity index (χ0) is 20.4. The van der Waals surface area contributed by atoms with Gasteiger partial charge in [-0.15, -0.1) is 0 Å². The van der Waals surface area contributed by atoms with Gasteiger partial charge in [0, 0.05) is 11.4 Å². The Morgan fingerprint density at radius 2 is 1.52 bits per heavy atom. The summed E-state index contributed by atoms with van der Waals surface area (Å²) in [5.74, 6) is 0. The summed E-state index contributed by atoms with van der Waals surface area (Å²) in [7, 11) is 0. The van der Waals surface area contributed by atoms with Crippen molar-refractivity contribution in [3.8, 4) is 11.1 Å². The fourth-order valence-electron chi connectivity index (χ4n) is 3.35. The Morgan fingerprint density at radius 3 is 2.21 bits per heavy atom. The zero-order valence-electron chi connectivity index (χ0n) is 15.7. The maximum absolute atomic E-state index is 12.2. The van der Waals surface area contributed by atoms with Gasteiger partial charge in [-0.25, -0.2) is 4.79 Å². The van der Waals surface area contributed by atoms with E-state index in [0.29, 0.717) is 11.0 Å². The van der Waals surface area contributed by atoms with Gasteiger partial charge in [-0.3, -0.25) is 10.1 Å². The largest absolute Gasteiger partial charge is 0.418 e. The third kappa shape index (κ3) is 3.60. The van der Waals surface area contributed by atoms with Crippen LogP contribution >= 0.6 is 0 Å². The number of hydrogen-bond donors (Lipinski definition) is 1. The number of nitrogens with one attached hydrogen (secondary N) is 1. The third-order valence-corrected chi connectivity index (χ3v) is 4.85. The molecule has 0 aliphatic carbocycles. The minimum atomic E-state index is -0.970. The first-order chi connectivity index (χ1) is 14.0. The van der Waals surface area contributed by atoms with Crippen LogP contribution < -0.4 is 10.9 Å². The van der Waals surface area contributed by atoms with Crippen molar-refractivity contribution in [3.05, 3.63) is 105 Å². The monoisotopic (exact) mass is 386 g/mol. The summed E-state index contributed by atoms with van der Waals surface area (Å²) in [5, 5.41) is 15.2. The fraction of sp³-hybridized carbons (Fsp3) is 0.0870. The van der Waals surface area contributed by atoms with Crippen LogP contribution in [0.1, 0.15) is 18.5 Å². The molecule has 1 N–H and O–H groups in total. The van der Waals surface area contributed by atoms with E-state index < -0.39 is 16.2 Å². The molecule has 0 saturated heterocycles. The number of benzene rings is 3. The second-order valence-corrected chi connectivity index (χ2v) is 6.72. The second-order valence-electron chi connectivity index (χ2n) is 6.72. The van der Waals surface area contributed by atoms with Gasteiger partial charge in [-0.2, -0.15) is 0 Å². The molecular formula is C23H18N2O4. The number of nitro groups is 1. The number of anilines is 1. The van der Waals surface area contributed by atoms with Crippen molar-refractivity contribution >= 4 is 22.3 Å². The van der Waals surface area contributed by atoms with Gasteiger partial charge in [0.1, 0.15) is 11.3 Å². The van der Waals surface area contributed by atoms with E-state index in [-0.39, 0.29) is 11.7 Å². The lowest BCUT2D eigenvalue weighted by Crippen LogP contribution is -2.14. The summed E-state index contributed by atoms with van der Waals surface area (Å²) >= 11 is 0. The van der Waals surface area contributed by atoms with E-state index in [1.165, 1.54) is 0 Å². The van der Waals surface area contributed by atoms with Crippen molar-refractivity contribution in [3.63, 3.8) is 0 Å². The van der Waals surface area contributed by atoms with Crippen LogP contribution in [0.4, 0.5) is 11.4 Å². The predicted octanol–water partition coefficient (Wildman–Crippen LogP) is 5.54. The molecule has 0 aliphatic heterocycles. The molecule has 29 heavy (non-hydrogen) atoms. The lowest BCUT2D eigenvalue weighted by atomic mass is 10.0. The van der Waals surface area contributed by atoms with Crippen molar-refractivity contribution in [1.82, 2.24) is 0 Å². The predicted molar refractivity (Wildman–Crippen MR) is 113 cm³/mol. The molecule has 1 unspecified atom stereocenters. The average Bonchev–Trinajstić information content (AvgIpc) is 2.74. The summed E-state index contributed by atoms with van der Waals surface area (Å²) in [4.78, 5) is 23.0. The number of hydrogen-bond acceptors (Lipinski definition) is 5. The molecule has 3 aromatic carbocycles. The molecule has 1 heterocycles. The number of rotatable bonds is 5. The molecule has 4 aromatic rings. The third-order valence-electron chi connectivity index (χ3n) is 4.85. The van der Waals surface area contributed by atoms with Crippen LogP contribution in [0, 0.1) is 10.1 Å². The highest BCUT2D eigenvalue weighted by Gasteiger charge is 2.25. The first-order valence-corrected chi connectivity index (χ1v) is 9.17. The van der Waals surface area contributed by atoms with Crippen LogP contribution in [-0.2, 0) is 0 Å². The van der Waals surface area contributed by atoms with Crippen molar-refractivity contribution < 1.29 is 9.34 Å². The van der Waals surface area contributed by atoms with E-state index in [1.54, 1.807) is 24.3 Å². The standard InChI is InChI=1S/C23H18N2O4/c1-15(16-11-13-18(14-12-16)17-7-3-2-4-8-17)24-21-19-9-5-6-10-20(19)29-23(26)22(21)25(27)28/h2-15,24H,1H3. The van der Waals surface area contributed by atoms with E-state index in [4.69, 9.17) is 4.42 Å². The first kappa shape index (κ1) is 18.4. The molecule has 0 amide bonds. The topological polar surface area (TPSA) is 85.4 Å². The molecule has 0 spiro atoms. The van der Waals surface area contributed by atoms with Gasteiger partial charge >= 0.3 is 11.3 Å². The summed E-state index contributed by atoms with van der Waals surface area (Å²) in [6.07, 6.45) is 0. The number of fused-ring (bicyclic) bond motifs is 1. The Labute approximate surface area is 166 Å². The van der Waals surface area contributed by atoms with Crippen LogP contribution in [0.5, 0.6) is 0 Å². The SMILES string of the molecule is CC(Nc1c([N+](=O)[O-])c(=O)oc2ccccc12)c1ccc(-c2ccccc2)cc1. The summed E-state index contributed by atoms with van der Waals surface area (Å²) < 4.78 is 5.11. The summed E-state index contributed by atoms with van der Waals surface area (Å²) in [6.45, 7) is 1.89. The maximum Gasteiger partial charge on any atom is 0.417 e. The van der Waals surface area contributed by atoms with Gasteiger partial charge < -0.3 is 9.73 Å². The molecule has 0 fully saturated rings. The van der Waals surface area contributed by atoms with Gasteiger partial charge in [0.2, 0.25) is 0 Å². The molecule has 144 valence electrons. The maximum atomic E-state index is 12.2. The smallest absolute Gasteiger partial charge is 0.417 e. The average molecular weight is 386 g/mol. The Balaban J connectivity index is 1.71. The van der Waals surface area contributed by atoms with Gasteiger partial charge in [-0.05, 0) is 35.7 Å². The summed E-state index contributed by atoms with van der Waals surface area (Å²) in [5.41, 5.74) is 2.05. The Morgan fingerprint density at radius 1 is 0.897 bits per heavy atom.